The Hall–Kier alpha value is -0.990. The van der Waals surface area contributed by atoms with E-state index in [1.54, 1.807) is 0 Å². The molecule has 0 aliphatic heterocycles. The second-order valence-corrected chi connectivity index (χ2v) is 14.5. The minimum Gasteiger partial charge on any atom is -0.303 e. The number of carbonyl (C=O) groups excluding carboxylic acids is 1. The van der Waals surface area contributed by atoms with Crippen LogP contribution in [0.5, 0.6) is 0 Å². The molecule has 0 aromatic carbocycles. The maximum atomic E-state index is 12.3. The highest BCUT2D eigenvalue weighted by atomic mass is 16.3. The molecule has 4 saturated carbocycles. The lowest BCUT2D eigenvalue weighted by molar-refractivity contribution is -0.220. The number of fused-ring (bicyclic) bond motifs is 5. The SMILES string of the molecule is C=C(C)[C@@H]1CC[C@]2(N=O)CC[C@]3(C)[C@H](CC[C@@H]4[C@@](C)(CCC=O)[C@H](C(C)(C)C)CC[C@]43C)[C@@H]12. The lowest BCUT2D eigenvalue weighted by atomic mass is 9.33. The van der Waals surface area contributed by atoms with E-state index in [1.807, 2.05) is 0 Å². The van der Waals surface area contributed by atoms with E-state index in [2.05, 4.69) is 60.2 Å². The third kappa shape index (κ3) is 3.37. The molecule has 4 rings (SSSR count). The maximum absolute atomic E-state index is 12.3. The molecule has 0 aromatic heterocycles. The summed E-state index contributed by atoms with van der Waals surface area (Å²) >= 11 is 0. The van der Waals surface area contributed by atoms with Crippen LogP contribution in [0.3, 0.4) is 0 Å². The molecular formula is C30H49NO2. The Bertz CT molecular complexity index is 813. The molecule has 4 fully saturated rings. The van der Waals surface area contributed by atoms with Crippen molar-refractivity contribution in [2.24, 2.45) is 56.4 Å². The highest BCUT2D eigenvalue weighted by Crippen LogP contribution is 2.75. The predicted molar refractivity (Wildman–Crippen MR) is 137 cm³/mol. The minimum absolute atomic E-state index is 0.182. The number of nitroso groups, excluding NO2 is 1. The maximum Gasteiger partial charge on any atom is 0.120 e. The van der Waals surface area contributed by atoms with Gasteiger partial charge >= 0.3 is 0 Å². The van der Waals surface area contributed by atoms with E-state index in [9.17, 15) is 9.70 Å². The number of carbonyl (C=O) groups is 1. The molecule has 0 N–H and O–H groups in total. The lowest BCUT2D eigenvalue weighted by Crippen LogP contribution is -2.65. The van der Waals surface area contributed by atoms with Crippen LogP contribution in [0.2, 0.25) is 0 Å². The quantitative estimate of drug-likeness (QED) is 0.237. The van der Waals surface area contributed by atoms with Gasteiger partial charge in [0.15, 0.2) is 0 Å². The Morgan fingerprint density at radius 2 is 1.70 bits per heavy atom. The van der Waals surface area contributed by atoms with E-state index < -0.39 is 0 Å². The number of hydrogen-bond donors (Lipinski definition) is 0. The molecule has 9 atom stereocenters. The van der Waals surface area contributed by atoms with Crippen molar-refractivity contribution in [1.29, 1.82) is 0 Å². The normalized spacial score (nSPS) is 49.5. The van der Waals surface area contributed by atoms with Gasteiger partial charge in [0.05, 0.1) is 0 Å². The second-order valence-electron chi connectivity index (χ2n) is 14.5. The lowest BCUT2D eigenvalue weighted by Gasteiger charge is -2.71. The molecule has 0 spiro atoms. The largest absolute Gasteiger partial charge is 0.303 e. The number of allylic oxidation sites excluding steroid dienone is 1. The number of nitrogens with zero attached hydrogens (tertiary/aromatic N) is 1. The van der Waals surface area contributed by atoms with Crippen LogP contribution in [-0.4, -0.2) is 11.8 Å². The van der Waals surface area contributed by atoms with Crippen molar-refractivity contribution < 1.29 is 4.79 Å². The van der Waals surface area contributed by atoms with Crippen molar-refractivity contribution in [3.8, 4) is 0 Å². The zero-order chi connectivity index (χ0) is 24.4. The average molecular weight is 456 g/mol. The summed E-state index contributed by atoms with van der Waals surface area (Å²) in [7, 11) is 0. The third-order valence-corrected chi connectivity index (χ3v) is 12.3. The molecule has 3 heteroatoms. The van der Waals surface area contributed by atoms with E-state index in [-0.39, 0.29) is 27.2 Å². The van der Waals surface area contributed by atoms with Crippen LogP contribution in [0.4, 0.5) is 0 Å². The fourth-order valence-corrected chi connectivity index (χ4v) is 10.8. The summed E-state index contributed by atoms with van der Waals surface area (Å²) in [6.07, 6.45) is 11.9. The van der Waals surface area contributed by atoms with Crippen molar-refractivity contribution >= 4 is 6.29 Å². The van der Waals surface area contributed by atoms with Crippen molar-refractivity contribution in [2.75, 3.05) is 0 Å². The minimum atomic E-state index is -0.361. The first-order chi connectivity index (χ1) is 15.3. The summed E-state index contributed by atoms with van der Waals surface area (Å²) in [5.74, 6) is 2.63. The molecular weight excluding hydrogens is 406 g/mol. The van der Waals surface area contributed by atoms with Gasteiger partial charge in [0.25, 0.3) is 0 Å². The molecule has 186 valence electrons. The molecule has 0 aromatic rings. The second kappa shape index (κ2) is 8.02. The fourth-order valence-electron chi connectivity index (χ4n) is 10.8. The molecule has 3 nitrogen and oxygen atoms in total. The molecule has 4 aliphatic rings. The smallest absolute Gasteiger partial charge is 0.120 e. The predicted octanol–water partition coefficient (Wildman–Crippen LogP) is 8.37. The van der Waals surface area contributed by atoms with Crippen LogP contribution in [0, 0.1) is 56.2 Å². The summed E-state index contributed by atoms with van der Waals surface area (Å²) in [4.78, 5) is 23.9. The summed E-state index contributed by atoms with van der Waals surface area (Å²) in [5, 5.41) is 3.91. The van der Waals surface area contributed by atoms with Crippen LogP contribution in [-0.2, 0) is 4.79 Å². The molecule has 0 saturated heterocycles. The van der Waals surface area contributed by atoms with Crippen molar-refractivity contribution in [1.82, 2.24) is 0 Å². The Labute approximate surface area is 202 Å². The van der Waals surface area contributed by atoms with E-state index >= 15 is 0 Å². The Morgan fingerprint density at radius 3 is 2.27 bits per heavy atom. The standard InChI is InChI=1S/C30H49NO2/c1-20(2)21-12-16-30(31-33)18-17-28(7)22(25(21)30)10-11-24-27(6,14-9-19-32)23(26(3,4)5)13-15-29(24,28)8/h19,21-25H,1,9-18H2,2-8H3/t21-,22+,23-,24+,25+,27-,28+,29+,30-/m0/s1. The highest BCUT2D eigenvalue weighted by molar-refractivity contribution is 5.49. The number of aldehydes is 1. The number of rotatable bonds is 5. The van der Waals surface area contributed by atoms with E-state index in [1.165, 1.54) is 31.3 Å². The van der Waals surface area contributed by atoms with Gasteiger partial charge in [0, 0.05) is 6.42 Å². The van der Waals surface area contributed by atoms with Gasteiger partial charge in [0.1, 0.15) is 11.8 Å². The molecule has 0 heterocycles. The third-order valence-electron chi connectivity index (χ3n) is 12.3. The monoisotopic (exact) mass is 455 g/mol. The van der Waals surface area contributed by atoms with Gasteiger partial charge in [-0.3, -0.25) is 0 Å². The summed E-state index contributed by atoms with van der Waals surface area (Å²) in [6.45, 7) is 21.5. The Morgan fingerprint density at radius 1 is 1.00 bits per heavy atom. The molecule has 0 radical (unpaired) electrons. The van der Waals surface area contributed by atoms with Gasteiger partial charge in [-0.05, 0) is 116 Å². The molecule has 0 bridgehead atoms. The number of hydrogen-bond acceptors (Lipinski definition) is 3. The van der Waals surface area contributed by atoms with Gasteiger partial charge in [-0.2, -0.15) is 4.91 Å². The zero-order valence-electron chi connectivity index (χ0n) is 22.5. The summed E-state index contributed by atoms with van der Waals surface area (Å²) in [5.41, 5.74) is 1.79. The Balaban J connectivity index is 1.78. The van der Waals surface area contributed by atoms with E-state index in [0.717, 1.165) is 38.4 Å². The van der Waals surface area contributed by atoms with Gasteiger partial charge in [0.2, 0.25) is 0 Å². The van der Waals surface area contributed by atoms with Crippen LogP contribution in [0.1, 0.15) is 113 Å². The van der Waals surface area contributed by atoms with Crippen molar-refractivity contribution in [3.63, 3.8) is 0 Å². The average Bonchev–Trinajstić information content (AvgIpc) is 3.12. The first kappa shape index (κ1) is 25.1. The van der Waals surface area contributed by atoms with Crippen LogP contribution >= 0.6 is 0 Å². The van der Waals surface area contributed by atoms with Crippen LogP contribution in [0.15, 0.2) is 17.3 Å². The van der Waals surface area contributed by atoms with Crippen molar-refractivity contribution in [2.45, 2.75) is 118 Å². The van der Waals surface area contributed by atoms with Gasteiger partial charge in [-0.25, -0.2) is 0 Å². The van der Waals surface area contributed by atoms with Crippen LogP contribution in [0.25, 0.3) is 0 Å². The van der Waals surface area contributed by atoms with Gasteiger partial charge < -0.3 is 4.79 Å². The highest BCUT2D eigenvalue weighted by Gasteiger charge is 2.70. The first-order valence-electron chi connectivity index (χ1n) is 13.7. The summed E-state index contributed by atoms with van der Waals surface area (Å²) in [6, 6.07) is 0. The molecule has 0 amide bonds. The Kier molecular flexibility index (Phi) is 6.10. The zero-order valence-corrected chi connectivity index (χ0v) is 22.5. The van der Waals surface area contributed by atoms with E-state index in [4.69, 9.17) is 0 Å². The molecule has 33 heavy (non-hydrogen) atoms. The first-order valence-corrected chi connectivity index (χ1v) is 13.7. The fraction of sp³-hybridized carbons (Fsp3) is 0.900. The van der Waals surface area contributed by atoms with Crippen LogP contribution < -0.4 is 0 Å². The molecule has 4 aliphatic carbocycles. The van der Waals surface area contributed by atoms with Gasteiger partial charge in [-0.15, -0.1) is 0 Å². The van der Waals surface area contributed by atoms with Crippen molar-refractivity contribution in [3.05, 3.63) is 17.1 Å². The summed E-state index contributed by atoms with van der Waals surface area (Å²) < 4.78 is 0. The molecule has 0 unspecified atom stereocenters. The van der Waals surface area contributed by atoms with E-state index in [0.29, 0.717) is 36.0 Å². The topological polar surface area (TPSA) is 46.5 Å². The van der Waals surface area contributed by atoms with Gasteiger partial charge in [-0.1, -0.05) is 58.9 Å².